The minimum Gasteiger partial charge on any atom is -0.330 e. The van der Waals surface area contributed by atoms with E-state index in [1.54, 1.807) is 0 Å². The zero-order chi connectivity index (χ0) is 10.6. The van der Waals surface area contributed by atoms with Gasteiger partial charge in [-0.1, -0.05) is 26.0 Å². The minimum atomic E-state index is 0.241. The van der Waals surface area contributed by atoms with Crippen molar-refractivity contribution in [3.05, 3.63) is 11.9 Å². The second-order valence-electron chi connectivity index (χ2n) is 4.84. The lowest BCUT2D eigenvalue weighted by molar-refractivity contribution is 0.315. The lowest BCUT2D eigenvalue weighted by atomic mass is 9.97. The lowest BCUT2D eigenvalue weighted by Crippen LogP contribution is -2.18. The highest BCUT2D eigenvalue weighted by Gasteiger charge is 2.14. The number of nitrogens with two attached hydrogens (primary N) is 1. The molecule has 0 aromatic carbocycles. The first kappa shape index (κ1) is 11.2. The minimum absolute atomic E-state index is 0.241. The smallest absolute Gasteiger partial charge is 0.0725 e. The van der Waals surface area contributed by atoms with Gasteiger partial charge in [0.05, 0.1) is 11.9 Å². The van der Waals surface area contributed by atoms with Crippen LogP contribution in [-0.4, -0.2) is 21.5 Å². The van der Waals surface area contributed by atoms with E-state index in [2.05, 4.69) is 31.1 Å². The van der Waals surface area contributed by atoms with E-state index in [9.17, 15) is 0 Å². The molecule has 80 valence electrons. The summed E-state index contributed by atoms with van der Waals surface area (Å²) in [5, 5.41) is 8.01. The monoisotopic (exact) mass is 196 g/mol. The fourth-order valence-corrected chi connectivity index (χ4v) is 1.34. The summed E-state index contributed by atoms with van der Waals surface area (Å²) in [4.78, 5) is 0. The molecule has 14 heavy (non-hydrogen) atoms. The van der Waals surface area contributed by atoms with Gasteiger partial charge in [0, 0.05) is 6.54 Å². The summed E-state index contributed by atoms with van der Waals surface area (Å²) < 4.78 is 1.98. The van der Waals surface area contributed by atoms with Gasteiger partial charge >= 0.3 is 0 Å². The van der Waals surface area contributed by atoms with Crippen LogP contribution in [0.4, 0.5) is 0 Å². The molecule has 1 heterocycles. The predicted octanol–water partition coefficient (Wildman–Crippen LogP) is 1.22. The summed E-state index contributed by atoms with van der Waals surface area (Å²) in [6.45, 7) is 8.22. The van der Waals surface area contributed by atoms with Gasteiger partial charge in [0.15, 0.2) is 0 Å². The van der Waals surface area contributed by atoms with Gasteiger partial charge in [0.1, 0.15) is 0 Å². The van der Waals surface area contributed by atoms with Gasteiger partial charge in [-0.2, -0.15) is 0 Å². The molecule has 1 aromatic heterocycles. The molecule has 1 rings (SSSR count). The lowest BCUT2D eigenvalue weighted by Gasteiger charge is -2.18. The number of aromatic nitrogens is 3. The van der Waals surface area contributed by atoms with Crippen molar-refractivity contribution in [2.75, 3.05) is 6.54 Å². The van der Waals surface area contributed by atoms with Crippen LogP contribution < -0.4 is 5.73 Å². The fraction of sp³-hybridized carbons (Fsp3) is 0.800. The number of nitrogens with zero attached hydrogens (tertiary/aromatic N) is 3. The zero-order valence-corrected chi connectivity index (χ0v) is 9.32. The summed E-state index contributed by atoms with van der Waals surface area (Å²) in [6.07, 6.45) is 3.80. The normalized spacial score (nSPS) is 12.0. The summed E-state index contributed by atoms with van der Waals surface area (Å²) >= 11 is 0. The molecule has 0 atom stereocenters. The van der Waals surface area contributed by atoms with Gasteiger partial charge in [-0.05, 0) is 24.8 Å². The molecule has 0 amide bonds. The molecule has 0 saturated carbocycles. The Hall–Kier alpha value is -0.900. The molecule has 4 nitrogen and oxygen atoms in total. The number of hydrogen-bond donors (Lipinski definition) is 1. The first-order valence-electron chi connectivity index (χ1n) is 5.10. The molecule has 4 heteroatoms. The number of aryl methyl sites for hydroxylation is 1. The summed E-state index contributed by atoms with van der Waals surface area (Å²) in [7, 11) is 0. The zero-order valence-electron chi connectivity index (χ0n) is 9.32. The third kappa shape index (κ3) is 3.46. The summed E-state index contributed by atoms with van der Waals surface area (Å²) in [5.74, 6) is 0. The second kappa shape index (κ2) is 4.55. The molecule has 2 N–H and O–H groups in total. The van der Waals surface area contributed by atoms with Crippen molar-refractivity contribution >= 4 is 0 Å². The highest BCUT2D eigenvalue weighted by Crippen LogP contribution is 2.16. The third-order valence-corrected chi connectivity index (χ3v) is 1.96. The van der Waals surface area contributed by atoms with Gasteiger partial charge in [-0.25, -0.2) is 4.68 Å². The Kier molecular flexibility index (Phi) is 3.63. The topological polar surface area (TPSA) is 56.7 Å². The van der Waals surface area contributed by atoms with E-state index >= 15 is 0 Å². The van der Waals surface area contributed by atoms with Crippen molar-refractivity contribution in [3.63, 3.8) is 0 Å². The Labute approximate surface area is 85.5 Å². The average Bonchev–Trinajstić information content (AvgIpc) is 2.45. The van der Waals surface area contributed by atoms with Crippen LogP contribution >= 0.6 is 0 Å². The van der Waals surface area contributed by atoms with Crippen LogP contribution in [0, 0.1) is 5.41 Å². The first-order chi connectivity index (χ1) is 6.53. The van der Waals surface area contributed by atoms with Crippen molar-refractivity contribution in [2.24, 2.45) is 11.1 Å². The van der Waals surface area contributed by atoms with Crippen LogP contribution in [0.25, 0.3) is 0 Å². The van der Waals surface area contributed by atoms with E-state index in [-0.39, 0.29) is 5.41 Å². The van der Waals surface area contributed by atoms with Crippen LogP contribution in [0.15, 0.2) is 6.20 Å². The van der Waals surface area contributed by atoms with Gasteiger partial charge in [0.25, 0.3) is 0 Å². The quantitative estimate of drug-likeness (QED) is 0.787. The van der Waals surface area contributed by atoms with E-state index in [0.29, 0.717) is 0 Å². The Balaban J connectivity index is 2.63. The molecule has 0 aliphatic rings. The van der Waals surface area contributed by atoms with Gasteiger partial charge in [0.2, 0.25) is 0 Å². The van der Waals surface area contributed by atoms with E-state index in [1.807, 2.05) is 10.9 Å². The molecule has 0 saturated heterocycles. The Bertz CT molecular complexity index is 272. The van der Waals surface area contributed by atoms with Gasteiger partial charge < -0.3 is 5.73 Å². The van der Waals surface area contributed by atoms with Gasteiger partial charge in [-0.3, -0.25) is 0 Å². The standard InChI is InChI=1S/C10H20N4/c1-10(2,3)8-14-9(5-4-6-11)7-12-13-14/h7H,4-6,8,11H2,1-3H3. The number of hydrogen-bond acceptors (Lipinski definition) is 3. The molecule has 0 unspecified atom stereocenters. The molecule has 0 fully saturated rings. The fourth-order valence-electron chi connectivity index (χ4n) is 1.34. The third-order valence-electron chi connectivity index (χ3n) is 1.96. The molecule has 0 aliphatic carbocycles. The first-order valence-corrected chi connectivity index (χ1v) is 5.10. The van der Waals surface area contributed by atoms with E-state index in [0.717, 1.165) is 25.9 Å². The molecular formula is C10H20N4. The van der Waals surface area contributed by atoms with Gasteiger partial charge in [-0.15, -0.1) is 5.10 Å². The van der Waals surface area contributed by atoms with Crippen LogP contribution in [0.5, 0.6) is 0 Å². The van der Waals surface area contributed by atoms with Crippen molar-refractivity contribution in [3.8, 4) is 0 Å². The van der Waals surface area contributed by atoms with Crippen LogP contribution in [0.1, 0.15) is 32.9 Å². The summed E-state index contributed by atoms with van der Waals surface area (Å²) in [5.41, 5.74) is 6.90. The molecule has 0 spiro atoms. The second-order valence-corrected chi connectivity index (χ2v) is 4.84. The summed E-state index contributed by atoms with van der Waals surface area (Å²) in [6, 6.07) is 0. The van der Waals surface area contributed by atoms with Crippen molar-refractivity contribution in [2.45, 2.75) is 40.2 Å². The van der Waals surface area contributed by atoms with E-state index in [4.69, 9.17) is 5.73 Å². The Morgan fingerprint density at radius 2 is 2.14 bits per heavy atom. The Morgan fingerprint density at radius 1 is 1.43 bits per heavy atom. The van der Waals surface area contributed by atoms with Crippen molar-refractivity contribution in [1.82, 2.24) is 15.0 Å². The van der Waals surface area contributed by atoms with E-state index < -0.39 is 0 Å². The predicted molar refractivity (Wildman–Crippen MR) is 56.9 cm³/mol. The van der Waals surface area contributed by atoms with Crippen LogP contribution in [0.2, 0.25) is 0 Å². The van der Waals surface area contributed by atoms with Crippen LogP contribution in [-0.2, 0) is 13.0 Å². The molecule has 1 aromatic rings. The van der Waals surface area contributed by atoms with E-state index in [1.165, 1.54) is 5.69 Å². The Morgan fingerprint density at radius 3 is 2.71 bits per heavy atom. The molecule has 0 radical (unpaired) electrons. The van der Waals surface area contributed by atoms with Crippen molar-refractivity contribution in [1.29, 1.82) is 0 Å². The van der Waals surface area contributed by atoms with Crippen molar-refractivity contribution < 1.29 is 0 Å². The highest BCUT2D eigenvalue weighted by atomic mass is 15.4. The molecule has 0 bridgehead atoms. The van der Waals surface area contributed by atoms with Crippen LogP contribution in [0.3, 0.4) is 0 Å². The maximum Gasteiger partial charge on any atom is 0.0725 e. The maximum absolute atomic E-state index is 5.47. The SMILES string of the molecule is CC(C)(C)Cn1nncc1CCCN. The maximum atomic E-state index is 5.47. The largest absolute Gasteiger partial charge is 0.330 e. The number of rotatable bonds is 4. The highest BCUT2D eigenvalue weighted by molar-refractivity contribution is 4.94. The average molecular weight is 196 g/mol. The molecular weight excluding hydrogens is 176 g/mol. The molecule has 0 aliphatic heterocycles.